The molecule has 0 spiro atoms. The second-order valence-corrected chi connectivity index (χ2v) is 7.06. The van der Waals surface area contributed by atoms with Crippen LogP contribution < -0.4 is 4.74 Å². The highest BCUT2D eigenvalue weighted by Gasteiger charge is 2.16. The predicted octanol–water partition coefficient (Wildman–Crippen LogP) is 6.17. The SMILES string of the molecule is C=CCOc1ccc(-c2ccc(CCc3ccc(C(C)O)c(F)c3F)cc2)cc1F. The molecule has 0 aliphatic rings. The Kier molecular flexibility index (Phi) is 6.95. The van der Waals surface area contributed by atoms with E-state index in [4.69, 9.17) is 4.74 Å². The zero-order chi connectivity index (χ0) is 21.7. The van der Waals surface area contributed by atoms with Crippen molar-refractivity contribution >= 4 is 0 Å². The third-order valence-electron chi connectivity index (χ3n) is 4.90. The molecular weight excluding hydrogens is 389 g/mol. The van der Waals surface area contributed by atoms with E-state index in [1.165, 1.54) is 25.1 Å². The van der Waals surface area contributed by atoms with Crippen molar-refractivity contribution in [3.63, 3.8) is 0 Å². The average Bonchev–Trinajstić information content (AvgIpc) is 2.74. The minimum atomic E-state index is -1.06. The van der Waals surface area contributed by atoms with E-state index >= 15 is 0 Å². The molecule has 1 N–H and O–H groups in total. The molecule has 1 atom stereocenters. The van der Waals surface area contributed by atoms with Gasteiger partial charge in [0.2, 0.25) is 0 Å². The van der Waals surface area contributed by atoms with Gasteiger partial charge in [-0.3, -0.25) is 0 Å². The van der Waals surface area contributed by atoms with Gasteiger partial charge in [0, 0.05) is 5.56 Å². The summed E-state index contributed by atoms with van der Waals surface area (Å²) < 4.78 is 47.6. The summed E-state index contributed by atoms with van der Waals surface area (Å²) in [5.41, 5.74) is 2.72. The first-order valence-electron chi connectivity index (χ1n) is 9.68. The number of ether oxygens (including phenoxy) is 1. The Labute approximate surface area is 174 Å². The number of aliphatic hydroxyl groups excluding tert-OH is 1. The van der Waals surface area contributed by atoms with Crippen LogP contribution in [-0.4, -0.2) is 11.7 Å². The van der Waals surface area contributed by atoms with Crippen LogP contribution in [0.25, 0.3) is 11.1 Å². The fourth-order valence-electron chi connectivity index (χ4n) is 3.21. The summed E-state index contributed by atoms with van der Waals surface area (Å²) in [4.78, 5) is 0. The standard InChI is InChI=1S/C25H23F3O2/c1-3-14-30-23-13-11-20(15-22(23)26)18-7-4-17(5-8-18)6-9-19-10-12-21(16(2)29)25(28)24(19)27/h3-5,7-8,10-13,15-16,29H,1,6,9,14H2,2H3. The third-order valence-corrected chi connectivity index (χ3v) is 4.90. The number of aryl methyl sites for hydroxylation is 2. The molecule has 0 heterocycles. The highest BCUT2D eigenvalue weighted by atomic mass is 19.2. The first-order valence-corrected chi connectivity index (χ1v) is 9.68. The minimum Gasteiger partial charge on any atom is -0.486 e. The normalized spacial score (nSPS) is 11.9. The van der Waals surface area contributed by atoms with Crippen molar-refractivity contribution in [2.45, 2.75) is 25.9 Å². The smallest absolute Gasteiger partial charge is 0.165 e. The van der Waals surface area contributed by atoms with Crippen LogP contribution in [0, 0.1) is 17.5 Å². The lowest BCUT2D eigenvalue weighted by Gasteiger charge is -2.11. The maximum atomic E-state index is 14.2. The van der Waals surface area contributed by atoms with Gasteiger partial charge < -0.3 is 9.84 Å². The van der Waals surface area contributed by atoms with E-state index in [0.717, 1.165) is 11.1 Å². The number of aliphatic hydroxyl groups is 1. The molecule has 0 saturated carbocycles. The Morgan fingerprint density at radius 3 is 2.27 bits per heavy atom. The van der Waals surface area contributed by atoms with Gasteiger partial charge in [0.1, 0.15) is 6.61 Å². The molecule has 0 aromatic heterocycles. The Bertz CT molecular complexity index is 1030. The first-order chi connectivity index (χ1) is 14.4. The van der Waals surface area contributed by atoms with Gasteiger partial charge in [0.05, 0.1) is 6.10 Å². The topological polar surface area (TPSA) is 29.5 Å². The van der Waals surface area contributed by atoms with Crippen molar-refractivity contribution in [1.29, 1.82) is 0 Å². The molecule has 30 heavy (non-hydrogen) atoms. The van der Waals surface area contributed by atoms with Gasteiger partial charge in [-0.15, -0.1) is 0 Å². The molecule has 3 aromatic rings. The summed E-state index contributed by atoms with van der Waals surface area (Å²) in [6.45, 7) is 5.17. The van der Waals surface area contributed by atoms with E-state index in [1.54, 1.807) is 18.2 Å². The maximum Gasteiger partial charge on any atom is 0.165 e. The van der Waals surface area contributed by atoms with Crippen molar-refractivity contribution in [1.82, 2.24) is 0 Å². The number of benzene rings is 3. The van der Waals surface area contributed by atoms with Gasteiger partial charge in [0.15, 0.2) is 23.2 Å². The number of hydrogen-bond donors (Lipinski definition) is 1. The number of halogens is 3. The third kappa shape index (κ3) is 4.92. The highest BCUT2D eigenvalue weighted by molar-refractivity contribution is 5.64. The molecule has 3 aromatic carbocycles. The van der Waals surface area contributed by atoms with Crippen molar-refractivity contribution in [3.8, 4) is 16.9 Å². The summed E-state index contributed by atoms with van der Waals surface area (Å²) in [6, 6.07) is 15.2. The fraction of sp³-hybridized carbons (Fsp3) is 0.200. The molecular formula is C25H23F3O2. The Balaban J connectivity index is 1.69. The molecule has 0 saturated heterocycles. The molecule has 0 fully saturated rings. The summed E-state index contributed by atoms with van der Waals surface area (Å²) in [5.74, 6) is -2.19. The van der Waals surface area contributed by atoms with Gasteiger partial charge in [0.25, 0.3) is 0 Å². The fourth-order valence-corrected chi connectivity index (χ4v) is 3.21. The van der Waals surface area contributed by atoms with Gasteiger partial charge in [-0.25, -0.2) is 13.2 Å². The lowest BCUT2D eigenvalue weighted by Crippen LogP contribution is -2.03. The van der Waals surface area contributed by atoms with Crippen LogP contribution in [-0.2, 0) is 12.8 Å². The lowest BCUT2D eigenvalue weighted by atomic mass is 9.98. The average molecular weight is 412 g/mol. The molecule has 3 rings (SSSR count). The molecule has 1 unspecified atom stereocenters. The Morgan fingerprint density at radius 1 is 0.933 bits per heavy atom. The van der Waals surface area contributed by atoms with Crippen molar-refractivity contribution in [2.75, 3.05) is 6.61 Å². The molecule has 2 nitrogen and oxygen atoms in total. The van der Waals surface area contributed by atoms with Crippen LogP contribution in [0.5, 0.6) is 5.75 Å². The number of hydrogen-bond acceptors (Lipinski definition) is 2. The summed E-state index contributed by atoms with van der Waals surface area (Å²) >= 11 is 0. The van der Waals surface area contributed by atoms with Crippen molar-refractivity contribution in [2.24, 2.45) is 0 Å². The van der Waals surface area contributed by atoms with Crippen LogP contribution in [0.2, 0.25) is 0 Å². The Hall–Kier alpha value is -3.05. The first kappa shape index (κ1) is 21.7. The molecule has 0 radical (unpaired) electrons. The van der Waals surface area contributed by atoms with Crippen LogP contribution in [0.1, 0.15) is 29.7 Å². The van der Waals surface area contributed by atoms with Crippen LogP contribution >= 0.6 is 0 Å². The predicted molar refractivity (Wildman–Crippen MR) is 112 cm³/mol. The maximum absolute atomic E-state index is 14.2. The Morgan fingerprint density at radius 2 is 1.63 bits per heavy atom. The van der Waals surface area contributed by atoms with Crippen molar-refractivity contribution < 1.29 is 23.0 Å². The van der Waals surface area contributed by atoms with E-state index in [1.807, 2.05) is 24.3 Å². The van der Waals surface area contributed by atoms with E-state index in [2.05, 4.69) is 6.58 Å². The molecule has 0 aliphatic heterocycles. The van der Waals surface area contributed by atoms with Crippen LogP contribution in [0.15, 0.2) is 67.3 Å². The summed E-state index contributed by atoms with van der Waals surface area (Å²) in [6.07, 6.45) is 1.33. The van der Waals surface area contributed by atoms with Crippen LogP contribution in [0.3, 0.4) is 0 Å². The van der Waals surface area contributed by atoms with E-state index in [-0.39, 0.29) is 23.5 Å². The van der Waals surface area contributed by atoms with E-state index < -0.39 is 23.6 Å². The monoisotopic (exact) mass is 412 g/mol. The van der Waals surface area contributed by atoms with Crippen molar-refractivity contribution in [3.05, 3.63) is 101 Å². The second-order valence-electron chi connectivity index (χ2n) is 7.06. The van der Waals surface area contributed by atoms with Gasteiger partial charge in [-0.1, -0.05) is 55.1 Å². The summed E-state index contributed by atoms with van der Waals surface area (Å²) in [5, 5.41) is 9.48. The molecule has 156 valence electrons. The molecule has 5 heteroatoms. The second kappa shape index (κ2) is 9.63. The van der Waals surface area contributed by atoms with Gasteiger partial charge >= 0.3 is 0 Å². The molecule has 0 aliphatic carbocycles. The van der Waals surface area contributed by atoms with Crippen LogP contribution in [0.4, 0.5) is 13.2 Å². The zero-order valence-corrected chi connectivity index (χ0v) is 16.7. The molecule has 0 bridgehead atoms. The van der Waals surface area contributed by atoms with Gasteiger partial charge in [-0.05, 0) is 54.2 Å². The zero-order valence-electron chi connectivity index (χ0n) is 16.7. The highest BCUT2D eigenvalue weighted by Crippen LogP contribution is 2.27. The quantitative estimate of drug-likeness (QED) is 0.448. The molecule has 0 amide bonds. The van der Waals surface area contributed by atoms with Gasteiger partial charge in [-0.2, -0.15) is 0 Å². The number of rotatable bonds is 8. The minimum absolute atomic E-state index is 0.0475. The largest absolute Gasteiger partial charge is 0.486 e. The van der Waals surface area contributed by atoms with E-state index in [0.29, 0.717) is 18.4 Å². The van der Waals surface area contributed by atoms with E-state index in [9.17, 15) is 18.3 Å². The summed E-state index contributed by atoms with van der Waals surface area (Å²) in [7, 11) is 0. The lowest BCUT2D eigenvalue weighted by molar-refractivity contribution is 0.192.